The topological polar surface area (TPSA) is 65.6 Å². The number of nitrogens with zero attached hydrogens (tertiary/aromatic N) is 2. The number of benzene rings is 2. The van der Waals surface area contributed by atoms with Crippen LogP contribution in [0.4, 0.5) is 0 Å². The van der Waals surface area contributed by atoms with Gasteiger partial charge in [0.2, 0.25) is 0 Å². The third-order valence-corrected chi connectivity index (χ3v) is 4.28. The van der Waals surface area contributed by atoms with E-state index in [-0.39, 0.29) is 0 Å². The van der Waals surface area contributed by atoms with Crippen LogP contribution in [0.5, 0.6) is 0 Å². The highest BCUT2D eigenvalue weighted by Gasteiger charge is 2.10. The molecule has 0 saturated heterocycles. The molecule has 4 aromatic rings. The van der Waals surface area contributed by atoms with Crippen LogP contribution in [0.15, 0.2) is 69.6 Å². The zero-order valence-corrected chi connectivity index (χ0v) is 14.6. The number of hydrogen-bond acceptors (Lipinski definition) is 3. The van der Waals surface area contributed by atoms with Gasteiger partial charge < -0.3 is 9.40 Å². The highest BCUT2D eigenvalue weighted by Crippen LogP contribution is 2.27. The number of fused-ring (bicyclic) bond motifs is 1. The standard InChI is InChI=1S/C20H12BrN3O/c21-15-5-3-4-13(10-15)19-9-8-16(25-19)11-14(12-22)20-23-17-6-1-2-7-18(17)24-20/h1-11H,(H,23,24)/b14-11+. The molecule has 0 unspecified atom stereocenters. The predicted molar refractivity (Wildman–Crippen MR) is 101 cm³/mol. The maximum atomic E-state index is 9.50. The fourth-order valence-corrected chi connectivity index (χ4v) is 3.00. The largest absolute Gasteiger partial charge is 0.457 e. The van der Waals surface area contributed by atoms with Gasteiger partial charge in [-0.15, -0.1) is 0 Å². The van der Waals surface area contributed by atoms with Crippen molar-refractivity contribution < 1.29 is 4.42 Å². The summed E-state index contributed by atoms with van der Waals surface area (Å²) in [4.78, 5) is 7.63. The Morgan fingerprint density at radius 1 is 1.12 bits per heavy atom. The number of nitrogens with one attached hydrogen (secondary N) is 1. The van der Waals surface area contributed by atoms with Crippen LogP contribution in [0.1, 0.15) is 11.6 Å². The van der Waals surface area contributed by atoms with Crippen molar-refractivity contribution in [2.75, 3.05) is 0 Å². The maximum Gasteiger partial charge on any atom is 0.149 e. The van der Waals surface area contributed by atoms with Gasteiger partial charge in [-0.05, 0) is 36.4 Å². The Morgan fingerprint density at radius 2 is 2.00 bits per heavy atom. The number of nitriles is 1. The van der Waals surface area contributed by atoms with Crippen molar-refractivity contribution in [3.8, 4) is 17.4 Å². The maximum absolute atomic E-state index is 9.50. The van der Waals surface area contributed by atoms with Crippen LogP contribution < -0.4 is 0 Å². The van der Waals surface area contributed by atoms with Crippen LogP contribution in [-0.4, -0.2) is 9.97 Å². The molecule has 0 fully saturated rings. The van der Waals surface area contributed by atoms with Crippen LogP contribution in [0.3, 0.4) is 0 Å². The molecule has 0 radical (unpaired) electrons. The average molecular weight is 390 g/mol. The van der Waals surface area contributed by atoms with E-state index in [9.17, 15) is 5.26 Å². The van der Waals surface area contributed by atoms with E-state index in [1.807, 2.05) is 60.7 Å². The lowest BCUT2D eigenvalue weighted by atomic mass is 10.2. The lowest BCUT2D eigenvalue weighted by molar-refractivity contribution is 0.572. The normalized spacial score (nSPS) is 11.6. The summed E-state index contributed by atoms with van der Waals surface area (Å²) in [6, 6.07) is 21.5. The smallest absolute Gasteiger partial charge is 0.149 e. The molecular weight excluding hydrogens is 378 g/mol. The van der Waals surface area contributed by atoms with Crippen molar-refractivity contribution in [2.24, 2.45) is 0 Å². The molecule has 2 heterocycles. The number of aromatic amines is 1. The quantitative estimate of drug-likeness (QED) is 0.460. The SMILES string of the molecule is N#C/C(=C\c1ccc(-c2cccc(Br)c2)o1)c1nc2ccccc2[nH]1. The first-order chi connectivity index (χ1) is 12.2. The zero-order chi connectivity index (χ0) is 17.2. The summed E-state index contributed by atoms with van der Waals surface area (Å²) in [6.45, 7) is 0. The molecule has 0 bridgehead atoms. The summed E-state index contributed by atoms with van der Waals surface area (Å²) in [7, 11) is 0. The monoisotopic (exact) mass is 389 g/mol. The molecule has 2 aromatic heterocycles. The van der Waals surface area contributed by atoms with Crippen LogP contribution in [0.2, 0.25) is 0 Å². The molecule has 5 heteroatoms. The van der Waals surface area contributed by atoms with Crippen LogP contribution in [0, 0.1) is 11.3 Å². The van der Waals surface area contributed by atoms with Gasteiger partial charge in [0.05, 0.1) is 16.6 Å². The number of hydrogen-bond donors (Lipinski definition) is 1. The van der Waals surface area contributed by atoms with Gasteiger partial charge in [0.25, 0.3) is 0 Å². The van der Waals surface area contributed by atoms with Gasteiger partial charge in [0, 0.05) is 16.1 Å². The summed E-state index contributed by atoms with van der Waals surface area (Å²) >= 11 is 3.46. The first-order valence-corrected chi connectivity index (χ1v) is 8.45. The molecule has 25 heavy (non-hydrogen) atoms. The van der Waals surface area contributed by atoms with E-state index in [0.29, 0.717) is 17.2 Å². The van der Waals surface area contributed by atoms with Crippen molar-refractivity contribution >= 4 is 38.6 Å². The lowest BCUT2D eigenvalue weighted by Crippen LogP contribution is -1.84. The Bertz CT molecular complexity index is 1100. The molecule has 2 aromatic carbocycles. The molecule has 0 aliphatic rings. The predicted octanol–water partition coefficient (Wildman–Crippen LogP) is 5.65. The molecular formula is C20H12BrN3O. The lowest BCUT2D eigenvalue weighted by Gasteiger charge is -1.97. The number of para-hydroxylation sites is 2. The molecule has 0 spiro atoms. The van der Waals surface area contributed by atoms with Crippen LogP contribution in [0.25, 0.3) is 34.0 Å². The van der Waals surface area contributed by atoms with Crippen LogP contribution in [-0.2, 0) is 0 Å². The molecule has 0 aliphatic carbocycles. The number of aromatic nitrogens is 2. The van der Waals surface area contributed by atoms with E-state index >= 15 is 0 Å². The average Bonchev–Trinajstić information content (AvgIpc) is 3.26. The highest BCUT2D eigenvalue weighted by molar-refractivity contribution is 9.10. The number of H-pyrrole nitrogens is 1. The number of allylic oxidation sites excluding steroid dienone is 1. The third kappa shape index (κ3) is 3.12. The number of furan rings is 1. The summed E-state index contributed by atoms with van der Waals surface area (Å²) in [5.41, 5.74) is 3.11. The van der Waals surface area contributed by atoms with Gasteiger partial charge in [-0.3, -0.25) is 0 Å². The van der Waals surface area contributed by atoms with Gasteiger partial charge in [-0.1, -0.05) is 40.2 Å². The van der Waals surface area contributed by atoms with E-state index in [4.69, 9.17) is 4.42 Å². The van der Waals surface area contributed by atoms with Gasteiger partial charge >= 0.3 is 0 Å². The molecule has 0 atom stereocenters. The Kier molecular flexibility index (Phi) is 3.96. The molecule has 0 amide bonds. The number of halogens is 1. The van der Waals surface area contributed by atoms with Gasteiger partial charge in [0.15, 0.2) is 0 Å². The van der Waals surface area contributed by atoms with E-state index in [0.717, 1.165) is 26.8 Å². The summed E-state index contributed by atoms with van der Waals surface area (Å²) in [5, 5.41) is 9.50. The van der Waals surface area contributed by atoms with E-state index < -0.39 is 0 Å². The molecule has 1 N–H and O–H groups in total. The number of imidazole rings is 1. The van der Waals surface area contributed by atoms with Crippen molar-refractivity contribution in [1.29, 1.82) is 5.26 Å². The summed E-state index contributed by atoms with van der Waals surface area (Å²) in [6.07, 6.45) is 1.69. The second kappa shape index (κ2) is 6.42. The first kappa shape index (κ1) is 15.4. The minimum absolute atomic E-state index is 0.423. The van der Waals surface area contributed by atoms with E-state index in [2.05, 4.69) is 32.0 Å². The second-order valence-electron chi connectivity index (χ2n) is 5.48. The van der Waals surface area contributed by atoms with Crippen molar-refractivity contribution in [3.05, 3.63) is 76.7 Å². The van der Waals surface area contributed by atoms with Gasteiger partial charge in [-0.2, -0.15) is 5.26 Å². The van der Waals surface area contributed by atoms with Crippen molar-refractivity contribution in [3.63, 3.8) is 0 Å². The number of rotatable bonds is 3. The molecule has 120 valence electrons. The Hall–Kier alpha value is -3.10. The second-order valence-corrected chi connectivity index (χ2v) is 6.40. The fraction of sp³-hybridized carbons (Fsp3) is 0. The summed E-state index contributed by atoms with van der Waals surface area (Å²) < 4.78 is 6.85. The first-order valence-electron chi connectivity index (χ1n) is 7.65. The molecule has 0 aliphatic heterocycles. The zero-order valence-electron chi connectivity index (χ0n) is 13.0. The Morgan fingerprint density at radius 3 is 2.80 bits per heavy atom. The van der Waals surface area contributed by atoms with E-state index in [1.54, 1.807) is 6.08 Å². The van der Waals surface area contributed by atoms with Crippen LogP contribution >= 0.6 is 15.9 Å². The van der Waals surface area contributed by atoms with E-state index in [1.165, 1.54) is 0 Å². The molecule has 4 nitrogen and oxygen atoms in total. The highest BCUT2D eigenvalue weighted by atomic mass is 79.9. The fourth-order valence-electron chi connectivity index (χ4n) is 2.60. The third-order valence-electron chi connectivity index (χ3n) is 3.79. The molecule has 0 saturated carbocycles. The minimum Gasteiger partial charge on any atom is -0.457 e. The van der Waals surface area contributed by atoms with Crippen molar-refractivity contribution in [2.45, 2.75) is 0 Å². The van der Waals surface area contributed by atoms with Crippen molar-refractivity contribution in [1.82, 2.24) is 9.97 Å². The van der Waals surface area contributed by atoms with Gasteiger partial charge in [-0.25, -0.2) is 4.98 Å². The Labute approximate surface area is 152 Å². The molecule has 4 rings (SSSR count). The minimum atomic E-state index is 0.423. The van der Waals surface area contributed by atoms with Gasteiger partial charge in [0.1, 0.15) is 23.4 Å². The Balaban J connectivity index is 1.70. The summed E-state index contributed by atoms with van der Waals surface area (Å²) in [5.74, 6) is 1.88.